The first-order valence-corrected chi connectivity index (χ1v) is 8.50. The van der Waals surface area contributed by atoms with Crippen molar-refractivity contribution < 1.29 is 4.79 Å². The first-order valence-electron chi connectivity index (χ1n) is 6.70. The second-order valence-corrected chi connectivity index (χ2v) is 7.17. The summed E-state index contributed by atoms with van der Waals surface area (Å²) < 4.78 is 0. The number of nitrogens with one attached hydrogen (secondary N) is 1. The Labute approximate surface area is 121 Å². The molecule has 1 N–H and O–H groups in total. The van der Waals surface area contributed by atoms with Crippen LogP contribution in [0, 0.1) is 0 Å². The molecule has 0 radical (unpaired) electrons. The van der Waals surface area contributed by atoms with E-state index in [1.54, 1.807) is 11.3 Å². The number of carbonyl (C=O) groups is 1. The van der Waals surface area contributed by atoms with Gasteiger partial charge in [0.05, 0.1) is 5.92 Å². The SMILES string of the molecule is CCCC(Br)CNC(=O)C1CCCc2sccc21. The zero-order chi connectivity index (χ0) is 13.0. The number of rotatable bonds is 5. The Morgan fingerprint density at radius 2 is 2.50 bits per heavy atom. The molecular formula is C14H20BrNOS. The summed E-state index contributed by atoms with van der Waals surface area (Å²) >= 11 is 5.39. The predicted molar refractivity (Wildman–Crippen MR) is 80.6 cm³/mol. The summed E-state index contributed by atoms with van der Waals surface area (Å²) in [5, 5.41) is 5.20. The number of fused-ring (bicyclic) bond motifs is 1. The van der Waals surface area contributed by atoms with Gasteiger partial charge < -0.3 is 5.32 Å². The largest absolute Gasteiger partial charge is 0.354 e. The topological polar surface area (TPSA) is 29.1 Å². The zero-order valence-electron chi connectivity index (χ0n) is 10.7. The standard InChI is InChI=1S/C14H20BrNOS/c1-2-4-10(15)9-16-14(17)12-5-3-6-13-11(12)7-8-18-13/h7-8,10,12H,2-6,9H2,1H3,(H,16,17). The van der Waals surface area contributed by atoms with E-state index in [9.17, 15) is 4.79 Å². The Morgan fingerprint density at radius 1 is 1.67 bits per heavy atom. The third kappa shape index (κ3) is 3.35. The Morgan fingerprint density at radius 3 is 3.28 bits per heavy atom. The quantitative estimate of drug-likeness (QED) is 0.817. The third-order valence-electron chi connectivity index (χ3n) is 3.47. The van der Waals surface area contributed by atoms with Crippen LogP contribution in [-0.2, 0) is 11.2 Å². The van der Waals surface area contributed by atoms with Gasteiger partial charge in [-0.05, 0) is 42.7 Å². The summed E-state index contributed by atoms with van der Waals surface area (Å²) in [5.41, 5.74) is 1.27. The van der Waals surface area contributed by atoms with Gasteiger partial charge >= 0.3 is 0 Å². The maximum atomic E-state index is 12.2. The van der Waals surface area contributed by atoms with Crippen LogP contribution in [0.4, 0.5) is 0 Å². The summed E-state index contributed by atoms with van der Waals surface area (Å²) in [6, 6.07) is 2.13. The lowest BCUT2D eigenvalue weighted by Gasteiger charge is -2.22. The van der Waals surface area contributed by atoms with Crippen LogP contribution in [0.25, 0.3) is 0 Å². The Bertz CT molecular complexity index is 404. The van der Waals surface area contributed by atoms with E-state index < -0.39 is 0 Å². The van der Waals surface area contributed by atoms with Gasteiger partial charge in [-0.15, -0.1) is 11.3 Å². The highest BCUT2D eigenvalue weighted by Crippen LogP contribution is 2.34. The fourth-order valence-corrected chi connectivity index (χ4v) is 4.12. The molecule has 1 aliphatic rings. The van der Waals surface area contributed by atoms with Crippen molar-refractivity contribution in [3.8, 4) is 0 Å². The van der Waals surface area contributed by atoms with Gasteiger partial charge in [0.2, 0.25) is 5.91 Å². The smallest absolute Gasteiger partial charge is 0.227 e. The van der Waals surface area contributed by atoms with Crippen molar-refractivity contribution in [2.45, 2.75) is 49.8 Å². The number of aryl methyl sites for hydroxylation is 1. The van der Waals surface area contributed by atoms with E-state index in [4.69, 9.17) is 0 Å². The minimum atomic E-state index is 0.0846. The normalized spacial score (nSPS) is 20.2. The van der Waals surface area contributed by atoms with Crippen molar-refractivity contribution in [1.82, 2.24) is 5.32 Å². The summed E-state index contributed by atoms with van der Waals surface area (Å²) in [7, 11) is 0. The van der Waals surface area contributed by atoms with Gasteiger partial charge in [-0.3, -0.25) is 4.79 Å². The number of hydrogen-bond donors (Lipinski definition) is 1. The molecule has 0 fully saturated rings. The van der Waals surface area contributed by atoms with Crippen LogP contribution in [0.5, 0.6) is 0 Å². The molecule has 1 amide bonds. The van der Waals surface area contributed by atoms with Gasteiger partial charge in [-0.2, -0.15) is 0 Å². The van der Waals surface area contributed by atoms with E-state index in [1.165, 1.54) is 10.4 Å². The molecule has 2 nitrogen and oxygen atoms in total. The average Bonchev–Trinajstić information content (AvgIpc) is 2.84. The van der Waals surface area contributed by atoms with Crippen molar-refractivity contribution in [3.05, 3.63) is 21.9 Å². The van der Waals surface area contributed by atoms with E-state index in [0.29, 0.717) is 4.83 Å². The fourth-order valence-electron chi connectivity index (χ4n) is 2.51. The number of amides is 1. The van der Waals surface area contributed by atoms with Crippen LogP contribution in [0.3, 0.4) is 0 Å². The highest BCUT2D eigenvalue weighted by atomic mass is 79.9. The van der Waals surface area contributed by atoms with Crippen molar-refractivity contribution in [3.63, 3.8) is 0 Å². The predicted octanol–water partition coefficient (Wildman–Crippen LogP) is 3.85. The van der Waals surface area contributed by atoms with Crippen LogP contribution in [0.15, 0.2) is 11.4 Å². The lowest BCUT2D eigenvalue weighted by atomic mass is 9.87. The second kappa shape index (κ2) is 6.71. The molecule has 0 spiro atoms. The summed E-state index contributed by atoms with van der Waals surface area (Å²) in [6.07, 6.45) is 5.53. The monoisotopic (exact) mass is 329 g/mol. The van der Waals surface area contributed by atoms with Crippen molar-refractivity contribution in [1.29, 1.82) is 0 Å². The van der Waals surface area contributed by atoms with E-state index in [0.717, 1.165) is 38.6 Å². The molecular weight excluding hydrogens is 310 g/mol. The highest BCUT2D eigenvalue weighted by molar-refractivity contribution is 9.09. The molecule has 0 aliphatic heterocycles. The van der Waals surface area contributed by atoms with Crippen LogP contribution in [-0.4, -0.2) is 17.3 Å². The summed E-state index contributed by atoms with van der Waals surface area (Å²) in [4.78, 5) is 14.0. The van der Waals surface area contributed by atoms with E-state index >= 15 is 0 Å². The van der Waals surface area contributed by atoms with Gasteiger partial charge in [0.25, 0.3) is 0 Å². The van der Waals surface area contributed by atoms with E-state index in [-0.39, 0.29) is 11.8 Å². The molecule has 18 heavy (non-hydrogen) atoms. The molecule has 100 valence electrons. The van der Waals surface area contributed by atoms with Crippen LogP contribution in [0.2, 0.25) is 0 Å². The second-order valence-electron chi connectivity index (χ2n) is 4.88. The Kier molecular flexibility index (Phi) is 5.25. The molecule has 0 saturated heterocycles. The molecule has 2 unspecified atom stereocenters. The molecule has 1 aromatic rings. The molecule has 2 atom stereocenters. The number of carbonyl (C=O) groups excluding carboxylic acids is 1. The van der Waals surface area contributed by atoms with Gasteiger partial charge in [0.15, 0.2) is 0 Å². The van der Waals surface area contributed by atoms with Crippen LogP contribution < -0.4 is 5.32 Å². The molecule has 4 heteroatoms. The molecule has 1 aliphatic carbocycles. The highest BCUT2D eigenvalue weighted by Gasteiger charge is 2.27. The molecule has 2 rings (SSSR count). The van der Waals surface area contributed by atoms with Gasteiger partial charge in [0, 0.05) is 16.2 Å². The minimum Gasteiger partial charge on any atom is -0.354 e. The van der Waals surface area contributed by atoms with Gasteiger partial charge in [-0.1, -0.05) is 29.3 Å². The Hall–Kier alpha value is -0.350. The van der Waals surface area contributed by atoms with Gasteiger partial charge in [-0.25, -0.2) is 0 Å². The van der Waals surface area contributed by atoms with Crippen molar-refractivity contribution in [2.24, 2.45) is 0 Å². The summed E-state index contributed by atoms with van der Waals surface area (Å²) in [5.74, 6) is 0.288. The van der Waals surface area contributed by atoms with Crippen molar-refractivity contribution in [2.75, 3.05) is 6.54 Å². The number of hydrogen-bond acceptors (Lipinski definition) is 2. The first-order chi connectivity index (χ1) is 8.72. The lowest BCUT2D eigenvalue weighted by molar-refractivity contribution is -0.122. The van der Waals surface area contributed by atoms with Crippen LogP contribution in [0.1, 0.15) is 49.0 Å². The molecule has 0 saturated carbocycles. The molecule has 1 heterocycles. The fraction of sp³-hybridized carbons (Fsp3) is 0.643. The number of halogens is 1. The maximum absolute atomic E-state index is 12.2. The van der Waals surface area contributed by atoms with E-state index in [1.807, 2.05) is 0 Å². The van der Waals surface area contributed by atoms with Gasteiger partial charge in [0.1, 0.15) is 0 Å². The summed E-state index contributed by atoms with van der Waals surface area (Å²) in [6.45, 7) is 2.90. The van der Waals surface area contributed by atoms with Crippen molar-refractivity contribution >= 4 is 33.2 Å². The van der Waals surface area contributed by atoms with E-state index in [2.05, 4.69) is 39.6 Å². The average molecular weight is 330 g/mol. The first kappa shape index (κ1) is 14.1. The van der Waals surface area contributed by atoms with Crippen LogP contribution >= 0.6 is 27.3 Å². The third-order valence-corrected chi connectivity index (χ3v) is 5.25. The molecule has 0 bridgehead atoms. The Balaban J connectivity index is 1.91. The maximum Gasteiger partial charge on any atom is 0.227 e. The lowest BCUT2D eigenvalue weighted by Crippen LogP contribution is -2.34. The molecule has 0 aromatic carbocycles. The zero-order valence-corrected chi connectivity index (χ0v) is 13.1. The molecule has 1 aromatic heterocycles. The number of thiophene rings is 1. The minimum absolute atomic E-state index is 0.0846. The number of alkyl halides is 1.